The molecule has 0 aliphatic carbocycles. The van der Waals surface area contributed by atoms with Crippen molar-refractivity contribution in [2.75, 3.05) is 19.7 Å². The normalized spacial score (nSPS) is 26.2. The van der Waals surface area contributed by atoms with E-state index in [2.05, 4.69) is 22.1 Å². The summed E-state index contributed by atoms with van der Waals surface area (Å²) in [6, 6.07) is 2.54. The Morgan fingerprint density at radius 1 is 1.41 bits per heavy atom. The molecule has 0 aromatic carbocycles. The lowest BCUT2D eigenvalue weighted by Gasteiger charge is -2.33. The number of carbonyl (C=O) groups is 1. The predicted molar refractivity (Wildman–Crippen MR) is 66.1 cm³/mol. The number of amides is 1. The lowest BCUT2D eigenvalue weighted by atomic mass is 10.0. The number of piperidine rings is 1. The van der Waals surface area contributed by atoms with Gasteiger partial charge in [0.05, 0.1) is 6.04 Å². The van der Waals surface area contributed by atoms with Crippen LogP contribution in [0.2, 0.25) is 0 Å². The molecule has 2 aliphatic rings. The van der Waals surface area contributed by atoms with Gasteiger partial charge < -0.3 is 10.1 Å². The Balaban J connectivity index is 1.81. The third-order valence-electron chi connectivity index (χ3n) is 3.54. The zero-order valence-corrected chi connectivity index (χ0v) is 10.4. The van der Waals surface area contributed by atoms with Gasteiger partial charge in [0.25, 0.3) is 0 Å². The molecule has 2 saturated heterocycles. The van der Waals surface area contributed by atoms with Crippen molar-refractivity contribution >= 4 is 17.4 Å². The number of carbonyl (C=O) groups excluding carboxylic acids is 1. The van der Waals surface area contributed by atoms with E-state index in [1.165, 1.54) is 5.56 Å². The van der Waals surface area contributed by atoms with Gasteiger partial charge in [0.1, 0.15) is 6.61 Å². The molecule has 1 aromatic rings. The van der Waals surface area contributed by atoms with Gasteiger partial charge in [-0.2, -0.15) is 11.3 Å². The zero-order chi connectivity index (χ0) is 11.7. The molecule has 1 atom stereocenters. The van der Waals surface area contributed by atoms with Crippen molar-refractivity contribution in [3.8, 4) is 0 Å². The number of hydrogen-bond acceptors (Lipinski definition) is 4. The van der Waals surface area contributed by atoms with Crippen LogP contribution in [0.3, 0.4) is 0 Å². The minimum atomic E-state index is -0.145. The summed E-state index contributed by atoms with van der Waals surface area (Å²) in [5.74, 6) is 0. The van der Waals surface area contributed by atoms with Crippen LogP contribution in [0.5, 0.6) is 0 Å². The molecule has 92 valence electrons. The molecule has 0 bridgehead atoms. The van der Waals surface area contributed by atoms with Crippen LogP contribution in [0.25, 0.3) is 0 Å². The number of nitrogens with one attached hydrogen (secondary N) is 1. The summed E-state index contributed by atoms with van der Waals surface area (Å²) >= 11 is 1.67. The molecule has 1 unspecified atom stereocenters. The maximum atomic E-state index is 11.9. The fraction of sp³-hybridized carbons (Fsp3) is 0.583. The molecule has 5 heteroatoms. The summed E-state index contributed by atoms with van der Waals surface area (Å²) in [5.41, 5.74) is 1.21. The molecule has 2 fully saturated rings. The summed E-state index contributed by atoms with van der Waals surface area (Å²) in [6.45, 7) is 2.48. The van der Waals surface area contributed by atoms with Crippen LogP contribution < -0.4 is 5.32 Å². The van der Waals surface area contributed by atoms with Crippen molar-refractivity contribution in [3.63, 3.8) is 0 Å². The van der Waals surface area contributed by atoms with Gasteiger partial charge in [-0.25, -0.2) is 4.79 Å². The van der Waals surface area contributed by atoms with Crippen LogP contribution in [0.15, 0.2) is 16.8 Å². The van der Waals surface area contributed by atoms with E-state index in [0.29, 0.717) is 12.6 Å². The molecule has 4 nitrogen and oxygen atoms in total. The lowest BCUT2D eigenvalue weighted by Crippen LogP contribution is -2.44. The fourth-order valence-electron chi connectivity index (χ4n) is 2.64. The molecule has 0 saturated carbocycles. The number of nitrogens with zero attached hydrogens (tertiary/aromatic N) is 1. The Morgan fingerprint density at radius 3 is 2.94 bits per heavy atom. The first-order valence-electron chi connectivity index (χ1n) is 6.04. The average Bonchev–Trinajstić information content (AvgIpc) is 2.98. The SMILES string of the molecule is O=C1OCC(c2ccsc2)N1C1CCNCC1. The molecular formula is C12H16N2O2S. The van der Waals surface area contributed by atoms with E-state index in [1.54, 1.807) is 11.3 Å². The first-order chi connectivity index (χ1) is 8.36. The maximum absolute atomic E-state index is 11.9. The summed E-state index contributed by atoms with van der Waals surface area (Å²) in [6.07, 6.45) is 1.90. The first kappa shape index (κ1) is 11.0. The largest absolute Gasteiger partial charge is 0.447 e. The van der Waals surface area contributed by atoms with Crippen LogP contribution in [-0.2, 0) is 4.74 Å². The van der Waals surface area contributed by atoms with E-state index in [9.17, 15) is 4.79 Å². The summed E-state index contributed by atoms with van der Waals surface area (Å²) in [5, 5.41) is 7.49. The van der Waals surface area contributed by atoms with Gasteiger partial charge in [-0.3, -0.25) is 4.90 Å². The molecule has 1 amide bonds. The number of ether oxygens (including phenoxy) is 1. The number of rotatable bonds is 2. The van der Waals surface area contributed by atoms with Crippen molar-refractivity contribution in [1.82, 2.24) is 10.2 Å². The van der Waals surface area contributed by atoms with E-state index in [-0.39, 0.29) is 12.1 Å². The van der Waals surface area contributed by atoms with Gasteiger partial charge in [-0.05, 0) is 48.3 Å². The Kier molecular flexibility index (Phi) is 3.03. The van der Waals surface area contributed by atoms with Crippen molar-refractivity contribution in [1.29, 1.82) is 0 Å². The summed E-state index contributed by atoms with van der Waals surface area (Å²) in [7, 11) is 0. The second kappa shape index (κ2) is 4.66. The minimum Gasteiger partial charge on any atom is -0.447 e. The van der Waals surface area contributed by atoms with Gasteiger partial charge in [0, 0.05) is 6.04 Å². The van der Waals surface area contributed by atoms with Crippen LogP contribution in [0.1, 0.15) is 24.4 Å². The highest BCUT2D eigenvalue weighted by Crippen LogP contribution is 2.33. The predicted octanol–water partition coefficient (Wildman–Crippen LogP) is 1.99. The van der Waals surface area contributed by atoms with Crippen molar-refractivity contribution < 1.29 is 9.53 Å². The van der Waals surface area contributed by atoms with Gasteiger partial charge in [0.15, 0.2) is 0 Å². The highest BCUT2D eigenvalue weighted by Gasteiger charge is 2.39. The number of cyclic esters (lactones) is 1. The van der Waals surface area contributed by atoms with Crippen molar-refractivity contribution in [3.05, 3.63) is 22.4 Å². The fourth-order valence-corrected chi connectivity index (χ4v) is 3.35. The monoisotopic (exact) mass is 252 g/mol. The molecular weight excluding hydrogens is 236 g/mol. The zero-order valence-electron chi connectivity index (χ0n) is 9.59. The van der Waals surface area contributed by atoms with Gasteiger partial charge in [-0.1, -0.05) is 0 Å². The summed E-state index contributed by atoms with van der Waals surface area (Å²) < 4.78 is 5.23. The number of thiophene rings is 1. The minimum absolute atomic E-state index is 0.122. The standard InChI is InChI=1S/C12H16N2O2S/c15-12-14(10-1-4-13-5-2-10)11(7-16-12)9-3-6-17-8-9/h3,6,8,10-11,13H,1-2,4-5,7H2. The second-order valence-corrected chi connectivity index (χ2v) is 5.32. The average molecular weight is 252 g/mol. The van der Waals surface area contributed by atoms with Gasteiger partial charge in [-0.15, -0.1) is 0 Å². The Bertz CT molecular complexity index is 387. The van der Waals surface area contributed by atoms with Crippen molar-refractivity contribution in [2.45, 2.75) is 24.9 Å². The van der Waals surface area contributed by atoms with Crippen LogP contribution in [0, 0.1) is 0 Å². The van der Waals surface area contributed by atoms with E-state index >= 15 is 0 Å². The van der Waals surface area contributed by atoms with Gasteiger partial charge in [0.2, 0.25) is 0 Å². The third-order valence-corrected chi connectivity index (χ3v) is 4.24. The highest BCUT2D eigenvalue weighted by atomic mass is 32.1. The molecule has 0 spiro atoms. The van der Waals surface area contributed by atoms with E-state index in [4.69, 9.17) is 4.74 Å². The van der Waals surface area contributed by atoms with E-state index in [0.717, 1.165) is 25.9 Å². The lowest BCUT2D eigenvalue weighted by molar-refractivity contribution is 0.134. The molecule has 0 radical (unpaired) electrons. The number of hydrogen-bond donors (Lipinski definition) is 1. The molecule has 2 aliphatic heterocycles. The van der Waals surface area contributed by atoms with E-state index < -0.39 is 0 Å². The molecule has 17 heavy (non-hydrogen) atoms. The highest BCUT2D eigenvalue weighted by molar-refractivity contribution is 7.07. The molecule has 3 rings (SSSR count). The van der Waals surface area contributed by atoms with E-state index in [1.807, 2.05) is 4.90 Å². The third kappa shape index (κ3) is 2.05. The maximum Gasteiger partial charge on any atom is 0.410 e. The smallest absolute Gasteiger partial charge is 0.410 e. The second-order valence-electron chi connectivity index (χ2n) is 4.54. The van der Waals surface area contributed by atoms with Crippen LogP contribution >= 0.6 is 11.3 Å². The van der Waals surface area contributed by atoms with Crippen LogP contribution in [-0.4, -0.2) is 36.7 Å². The quantitative estimate of drug-likeness (QED) is 0.875. The first-order valence-corrected chi connectivity index (χ1v) is 6.98. The van der Waals surface area contributed by atoms with Gasteiger partial charge >= 0.3 is 6.09 Å². The summed E-state index contributed by atoms with van der Waals surface area (Å²) in [4.78, 5) is 13.8. The Labute approximate surface area is 105 Å². The Morgan fingerprint density at radius 2 is 2.24 bits per heavy atom. The van der Waals surface area contributed by atoms with Crippen molar-refractivity contribution in [2.24, 2.45) is 0 Å². The topological polar surface area (TPSA) is 41.6 Å². The molecule has 3 heterocycles. The molecule has 1 aromatic heterocycles. The van der Waals surface area contributed by atoms with Crippen LogP contribution in [0.4, 0.5) is 4.79 Å². The Hall–Kier alpha value is -1.07. The molecule has 1 N–H and O–H groups in total.